The van der Waals surface area contributed by atoms with Gasteiger partial charge in [0, 0.05) is 37.7 Å². The summed E-state index contributed by atoms with van der Waals surface area (Å²) in [6, 6.07) is 4.52. The number of nitrogens with zero attached hydrogens (tertiary/aromatic N) is 1. The molecule has 22 heavy (non-hydrogen) atoms. The molecule has 2 aliphatic rings. The summed E-state index contributed by atoms with van der Waals surface area (Å²) in [4.78, 5) is 2.46. The molecule has 0 aromatic heterocycles. The van der Waals surface area contributed by atoms with E-state index in [1.807, 2.05) is 6.07 Å². The Hall–Kier alpha value is -1.46. The van der Waals surface area contributed by atoms with Gasteiger partial charge in [-0.15, -0.1) is 0 Å². The van der Waals surface area contributed by atoms with Crippen molar-refractivity contribution in [3.05, 3.63) is 17.7 Å². The fraction of sp³-hybridized carbons (Fsp3) is 0.647. The van der Waals surface area contributed by atoms with E-state index in [2.05, 4.69) is 11.0 Å². The van der Waals surface area contributed by atoms with Crippen LogP contribution in [0.1, 0.15) is 24.8 Å². The van der Waals surface area contributed by atoms with Gasteiger partial charge in [0.25, 0.3) is 0 Å². The fourth-order valence-corrected chi connectivity index (χ4v) is 3.25. The number of ether oxygens (including phenoxy) is 4. The molecule has 0 aliphatic carbocycles. The van der Waals surface area contributed by atoms with Gasteiger partial charge in [0.15, 0.2) is 11.5 Å². The van der Waals surface area contributed by atoms with Crippen LogP contribution < -0.4 is 14.2 Å². The first-order valence-electron chi connectivity index (χ1n) is 8.01. The molecule has 0 radical (unpaired) electrons. The van der Waals surface area contributed by atoms with Gasteiger partial charge in [0.05, 0.1) is 26.9 Å². The summed E-state index contributed by atoms with van der Waals surface area (Å²) >= 11 is 0. The summed E-state index contributed by atoms with van der Waals surface area (Å²) in [5, 5.41) is 0. The van der Waals surface area contributed by atoms with Gasteiger partial charge in [0.1, 0.15) is 5.75 Å². The summed E-state index contributed by atoms with van der Waals surface area (Å²) in [7, 11) is 3.48. The minimum absolute atomic E-state index is 0.491. The highest BCUT2D eigenvalue weighted by atomic mass is 16.5. The first-order valence-corrected chi connectivity index (χ1v) is 8.01. The second-order valence-electron chi connectivity index (χ2n) is 5.88. The van der Waals surface area contributed by atoms with Crippen molar-refractivity contribution in [3.63, 3.8) is 0 Å². The van der Waals surface area contributed by atoms with Crippen LogP contribution in [0, 0.1) is 0 Å². The van der Waals surface area contributed by atoms with Crippen LogP contribution in [0.4, 0.5) is 0 Å². The SMILES string of the molecule is COC[C@@H]1CCCN1Cc1cc2c(cc1OC)OCCCO2. The Bertz CT molecular complexity index is 506. The van der Waals surface area contributed by atoms with Crippen LogP contribution in [-0.2, 0) is 11.3 Å². The molecule has 1 saturated heterocycles. The van der Waals surface area contributed by atoms with Gasteiger partial charge in [-0.2, -0.15) is 0 Å². The van der Waals surface area contributed by atoms with Crippen LogP contribution in [0.15, 0.2) is 12.1 Å². The van der Waals surface area contributed by atoms with Crippen molar-refractivity contribution in [1.29, 1.82) is 0 Å². The van der Waals surface area contributed by atoms with Crippen LogP contribution in [0.25, 0.3) is 0 Å². The van der Waals surface area contributed by atoms with Gasteiger partial charge in [-0.1, -0.05) is 0 Å². The fourth-order valence-electron chi connectivity index (χ4n) is 3.25. The molecule has 122 valence electrons. The van der Waals surface area contributed by atoms with Crippen molar-refractivity contribution < 1.29 is 18.9 Å². The Kier molecular flexibility index (Phi) is 5.05. The van der Waals surface area contributed by atoms with Gasteiger partial charge < -0.3 is 18.9 Å². The van der Waals surface area contributed by atoms with Crippen molar-refractivity contribution in [1.82, 2.24) is 4.90 Å². The molecule has 5 heteroatoms. The second-order valence-corrected chi connectivity index (χ2v) is 5.88. The zero-order valence-corrected chi connectivity index (χ0v) is 13.5. The molecule has 0 unspecified atom stereocenters. The lowest BCUT2D eigenvalue weighted by Crippen LogP contribution is -2.32. The maximum absolute atomic E-state index is 5.80. The van der Waals surface area contributed by atoms with Crippen molar-refractivity contribution in [2.75, 3.05) is 40.6 Å². The minimum atomic E-state index is 0.491. The molecule has 1 aromatic rings. The van der Waals surface area contributed by atoms with E-state index in [4.69, 9.17) is 18.9 Å². The maximum Gasteiger partial charge on any atom is 0.164 e. The van der Waals surface area contributed by atoms with Crippen molar-refractivity contribution >= 4 is 0 Å². The number of hydrogen-bond donors (Lipinski definition) is 0. The van der Waals surface area contributed by atoms with E-state index >= 15 is 0 Å². The summed E-state index contributed by atoms with van der Waals surface area (Å²) < 4.78 is 22.4. The molecule has 1 aromatic carbocycles. The quantitative estimate of drug-likeness (QED) is 0.836. The lowest BCUT2D eigenvalue weighted by atomic mass is 10.1. The van der Waals surface area contributed by atoms with E-state index < -0.39 is 0 Å². The topological polar surface area (TPSA) is 40.2 Å². The van der Waals surface area contributed by atoms with E-state index in [1.54, 1.807) is 14.2 Å². The Balaban J connectivity index is 1.81. The molecule has 3 rings (SSSR count). The summed E-state index contributed by atoms with van der Waals surface area (Å²) in [6.45, 7) is 4.14. The summed E-state index contributed by atoms with van der Waals surface area (Å²) in [5.74, 6) is 2.48. The molecule has 5 nitrogen and oxygen atoms in total. The maximum atomic E-state index is 5.80. The predicted octanol–water partition coefficient (Wildman–Crippen LogP) is 2.47. The molecule has 2 heterocycles. The molecule has 1 atom stereocenters. The number of likely N-dealkylation sites (tertiary alicyclic amines) is 1. The number of fused-ring (bicyclic) bond motifs is 1. The normalized spacial score (nSPS) is 21.6. The van der Waals surface area contributed by atoms with Gasteiger partial charge in [-0.3, -0.25) is 4.90 Å². The highest BCUT2D eigenvalue weighted by molar-refractivity contribution is 5.51. The third-order valence-corrected chi connectivity index (χ3v) is 4.38. The van der Waals surface area contributed by atoms with Crippen LogP contribution in [0.3, 0.4) is 0 Å². The molecule has 0 saturated carbocycles. The van der Waals surface area contributed by atoms with Crippen LogP contribution in [0.2, 0.25) is 0 Å². The summed E-state index contributed by atoms with van der Waals surface area (Å²) in [5.41, 5.74) is 1.15. The lowest BCUT2D eigenvalue weighted by Gasteiger charge is -2.25. The minimum Gasteiger partial charge on any atom is -0.496 e. The van der Waals surface area contributed by atoms with Gasteiger partial charge in [-0.25, -0.2) is 0 Å². The number of rotatable bonds is 5. The van der Waals surface area contributed by atoms with E-state index in [0.29, 0.717) is 19.3 Å². The number of benzene rings is 1. The average Bonchev–Trinajstić information content (AvgIpc) is 2.83. The van der Waals surface area contributed by atoms with Crippen molar-refractivity contribution in [2.45, 2.75) is 31.8 Å². The van der Waals surface area contributed by atoms with Crippen LogP contribution >= 0.6 is 0 Å². The number of hydrogen-bond acceptors (Lipinski definition) is 5. The monoisotopic (exact) mass is 307 g/mol. The van der Waals surface area contributed by atoms with Crippen molar-refractivity contribution in [2.24, 2.45) is 0 Å². The molecule has 1 fully saturated rings. The van der Waals surface area contributed by atoms with Gasteiger partial charge in [0.2, 0.25) is 0 Å². The Morgan fingerprint density at radius 1 is 1.14 bits per heavy atom. The van der Waals surface area contributed by atoms with Crippen LogP contribution in [-0.4, -0.2) is 51.5 Å². The molecule has 0 N–H and O–H groups in total. The highest BCUT2D eigenvalue weighted by Gasteiger charge is 2.26. The third kappa shape index (κ3) is 3.31. The Morgan fingerprint density at radius 3 is 2.64 bits per heavy atom. The number of methoxy groups -OCH3 is 2. The Labute approximate surface area is 132 Å². The first kappa shape index (κ1) is 15.4. The van der Waals surface area contributed by atoms with Crippen LogP contribution in [0.5, 0.6) is 17.2 Å². The highest BCUT2D eigenvalue weighted by Crippen LogP contribution is 2.37. The van der Waals surface area contributed by atoms with E-state index in [1.165, 1.54) is 12.8 Å². The first-order chi connectivity index (χ1) is 10.8. The van der Waals surface area contributed by atoms with Crippen molar-refractivity contribution in [3.8, 4) is 17.2 Å². The molecular weight excluding hydrogens is 282 g/mol. The second kappa shape index (κ2) is 7.20. The molecule has 2 aliphatic heterocycles. The molecule has 0 bridgehead atoms. The largest absolute Gasteiger partial charge is 0.496 e. The molecule has 0 spiro atoms. The zero-order chi connectivity index (χ0) is 15.4. The molecular formula is C17H25NO4. The van der Waals surface area contributed by atoms with E-state index in [0.717, 1.165) is 48.9 Å². The standard InChI is InChI=1S/C17H25NO4/c1-19-12-14-5-3-6-18(14)11-13-9-16-17(10-15(13)20-2)22-8-4-7-21-16/h9-10,14H,3-8,11-12H2,1-2H3/t14-/m0/s1. The van der Waals surface area contributed by atoms with Gasteiger partial charge >= 0.3 is 0 Å². The predicted molar refractivity (Wildman–Crippen MR) is 83.9 cm³/mol. The van der Waals surface area contributed by atoms with Gasteiger partial charge in [-0.05, 0) is 25.5 Å². The van der Waals surface area contributed by atoms with E-state index in [-0.39, 0.29) is 0 Å². The smallest absolute Gasteiger partial charge is 0.164 e. The third-order valence-electron chi connectivity index (χ3n) is 4.38. The van der Waals surface area contributed by atoms with E-state index in [9.17, 15) is 0 Å². The average molecular weight is 307 g/mol. The lowest BCUT2D eigenvalue weighted by molar-refractivity contribution is 0.111. The summed E-state index contributed by atoms with van der Waals surface area (Å²) in [6.07, 6.45) is 3.33. The Morgan fingerprint density at radius 2 is 1.91 bits per heavy atom. The zero-order valence-electron chi connectivity index (χ0n) is 13.5. The molecule has 0 amide bonds.